The van der Waals surface area contributed by atoms with Gasteiger partial charge in [-0.3, -0.25) is 14.4 Å². The molecule has 0 aromatic carbocycles. The van der Waals surface area contributed by atoms with Crippen molar-refractivity contribution in [3.05, 3.63) is 41.9 Å². The number of thioether (sulfide) groups is 1. The largest absolute Gasteiger partial charge is 0.446 e. The van der Waals surface area contributed by atoms with Crippen LogP contribution in [0.1, 0.15) is 41.7 Å². The van der Waals surface area contributed by atoms with Crippen LogP contribution in [0.25, 0.3) is 5.52 Å². The quantitative estimate of drug-likeness (QED) is 0.399. The molecule has 1 unspecified atom stereocenters. The van der Waals surface area contributed by atoms with E-state index in [1.54, 1.807) is 25.4 Å². The Labute approximate surface area is 210 Å². The minimum Gasteiger partial charge on any atom is -0.366 e. The molecule has 0 aliphatic carbocycles. The summed E-state index contributed by atoms with van der Waals surface area (Å²) in [6.45, 7) is -0.0416. The summed E-state index contributed by atoms with van der Waals surface area (Å²) < 4.78 is 43.3. The van der Waals surface area contributed by atoms with Crippen LogP contribution in [0.3, 0.4) is 0 Å². The fourth-order valence-corrected chi connectivity index (χ4v) is 5.82. The number of rotatable bonds is 5. The monoisotopic (exact) mass is 517 g/mol. The second-order valence-corrected chi connectivity index (χ2v) is 10.2. The predicted molar refractivity (Wildman–Crippen MR) is 131 cm³/mol. The maximum absolute atomic E-state index is 13.4. The van der Waals surface area contributed by atoms with Crippen LogP contribution in [0.5, 0.6) is 0 Å². The number of alkyl halides is 3. The van der Waals surface area contributed by atoms with Crippen molar-refractivity contribution in [2.45, 2.75) is 54.2 Å². The van der Waals surface area contributed by atoms with Gasteiger partial charge in [0.25, 0.3) is 5.91 Å². The molecule has 0 radical (unpaired) electrons. The second kappa shape index (κ2) is 9.71. The van der Waals surface area contributed by atoms with E-state index in [-0.39, 0.29) is 40.8 Å². The van der Waals surface area contributed by atoms with Gasteiger partial charge in [-0.1, -0.05) is 12.0 Å². The standard InChI is InChI=1S/C24H26F3N7OS/c1-32-14-15(13-29-32)23(35)28-12-4-5-18-22(36-24(25,26)27)20-6-3-7-21(34(20)31-18)30-17-10-8-16-9-11-19(17)33(16)2/h3,6-7,13-14,16-17,19,30H,8-12H2,1-2H3,(H,28,35)/t16-,17?,19-/m1/s1. The van der Waals surface area contributed by atoms with Gasteiger partial charge in [-0.2, -0.15) is 23.4 Å². The number of nitrogens with one attached hydrogen (secondary N) is 2. The first-order valence-electron chi connectivity index (χ1n) is 11.7. The molecule has 5 heterocycles. The number of hydrogen-bond donors (Lipinski definition) is 2. The lowest BCUT2D eigenvalue weighted by molar-refractivity contribution is -0.0327. The Balaban J connectivity index is 1.40. The molecule has 0 saturated carbocycles. The van der Waals surface area contributed by atoms with E-state index in [2.05, 4.69) is 44.6 Å². The predicted octanol–water partition coefficient (Wildman–Crippen LogP) is 3.50. The fourth-order valence-electron chi connectivity index (χ4n) is 5.14. The Morgan fingerprint density at radius 1 is 1.22 bits per heavy atom. The minimum atomic E-state index is -4.50. The van der Waals surface area contributed by atoms with Crippen molar-refractivity contribution in [1.29, 1.82) is 0 Å². The molecule has 8 nitrogen and oxygen atoms in total. The molecular weight excluding hydrogens is 491 g/mol. The molecule has 3 atom stereocenters. The zero-order valence-corrected chi connectivity index (χ0v) is 20.7. The maximum atomic E-state index is 13.4. The molecule has 2 aliphatic heterocycles. The lowest BCUT2D eigenvalue weighted by Crippen LogP contribution is -2.48. The zero-order valence-electron chi connectivity index (χ0n) is 19.8. The van der Waals surface area contributed by atoms with Crippen LogP contribution in [-0.4, -0.2) is 67.4 Å². The van der Waals surface area contributed by atoms with Crippen LogP contribution in [-0.2, 0) is 7.05 Å². The highest BCUT2D eigenvalue weighted by atomic mass is 32.2. The highest BCUT2D eigenvalue weighted by molar-refractivity contribution is 8.00. The van der Waals surface area contributed by atoms with Crippen molar-refractivity contribution in [3.8, 4) is 11.8 Å². The number of anilines is 1. The van der Waals surface area contributed by atoms with Crippen molar-refractivity contribution in [1.82, 2.24) is 29.6 Å². The van der Waals surface area contributed by atoms with Crippen LogP contribution < -0.4 is 10.6 Å². The molecule has 2 saturated heterocycles. The Morgan fingerprint density at radius 2 is 2.03 bits per heavy atom. The van der Waals surface area contributed by atoms with Gasteiger partial charge < -0.3 is 10.6 Å². The van der Waals surface area contributed by atoms with Gasteiger partial charge in [-0.05, 0) is 62.5 Å². The molecule has 1 amide bonds. The summed E-state index contributed by atoms with van der Waals surface area (Å²) in [5.41, 5.74) is -3.77. The van der Waals surface area contributed by atoms with Crippen LogP contribution in [0.15, 0.2) is 35.5 Å². The van der Waals surface area contributed by atoms with Crippen LogP contribution >= 0.6 is 11.8 Å². The van der Waals surface area contributed by atoms with E-state index in [0.29, 0.717) is 29.0 Å². The van der Waals surface area contributed by atoms with E-state index in [1.165, 1.54) is 21.8 Å². The number of nitrogens with zero attached hydrogens (tertiary/aromatic N) is 5. The summed E-state index contributed by atoms with van der Waals surface area (Å²) in [6.07, 6.45) is 7.36. The lowest BCUT2D eigenvalue weighted by atomic mass is 9.98. The highest BCUT2D eigenvalue weighted by Gasteiger charge is 2.40. The van der Waals surface area contributed by atoms with Crippen molar-refractivity contribution in [3.63, 3.8) is 0 Å². The molecule has 2 bridgehead atoms. The van der Waals surface area contributed by atoms with Crippen molar-refractivity contribution < 1.29 is 18.0 Å². The molecule has 3 aromatic heterocycles. The average molecular weight is 518 g/mol. The SMILES string of the molecule is CN1[C@@H]2CCC(Nc3cccc4c(SC(F)(F)F)c(C#CCNC(=O)c5cnn(C)c5)nn34)[C@H]1CC2. The van der Waals surface area contributed by atoms with E-state index in [1.807, 2.05) is 6.07 Å². The molecule has 5 rings (SSSR count). The molecule has 190 valence electrons. The third kappa shape index (κ3) is 5.03. The van der Waals surface area contributed by atoms with Gasteiger partial charge in [0.05, 0.1) is 28.7 Å². The third-order valence-corrected chi connectivity index (χ3v) is 7.68. The van der Waals surface area contributed by atoms with Gasteiger partial charge in [0.1, 0.15) is 11.5 Å². The summed E-state index contributed by atoms with van der Waals surface area (Å²) in [5.74, 6) is 5.73. The van der Waals surface area contributed by atoms with Gasteiger partial charge in [-0.25, -0.2) is 4.52 Å². The first-order valence-corrected chi connectivity index (χ1v) is 12.5. The summed E-state index contributed by atoms with van der Waals surface area (Å²) in [6, 6.07) is 6.37. The molecular formula is C24H26F3N7OS. The van der Waals surface area contributed by atoms with Crippen molar-refractivity contribution in [2.75, 3.05) is 18.9 Å². The van der Waals surface area contributed by atoms with Crippen molar-refractivity contribution >= 4 is 29.0 Å². The third-order valence-electron chi connectivity index (χ3n) is 6.84. The van der Waals surface area contributed by atoms with Crippen molar-refractivity contribution in [2.24, 2.45) is 7.05 Å². The van der Waals surface area contributed by atoms with E-state index in [0.717, 1.165) is 19.3 Å². The molecule has 3 aromatic rings. The Hall–Kier alpha value is -3.17. The summed E-state index contributed by atoms with van der Waals surface area (Å²) in [5, 5.41) is 14.5. The maximum Gasteiger partial charge on any atom is 0.446 e. The van der Waals surface area contributed by atoms with Gasteiger partial charge in [0.2, 0.25) is 0 Å². The number of hydrogen-bond acceptors (Lipinski definition) is 6. The average Bonchev–Trinajstić information content (AvgIpc) is 3.46. The Morgan fingerprint density at radius 3 is 2.78 bits per heavy atom. The Kier molecular flexibility index (Phi) is 6.61. The lowest BCUT2D eigenvalue weighted by Gasteiger charge is -2.38. The first-order chi connectivity index (χ1) is 17.2. The number of aryl methyl sites for hydroxylation is 1. The number of pyridine rings is 1. The van der Waals surface area contributed by atoms with Gasteiger partial charge in [0, 0.05) is 31.4 Å². The normalized spacial score (nSPS) is 21.9. The Bertz CT molecular complexity index is 1340. The molecule has 0 spiro atoms. The van der Waals surface area contributed by atoms with Crippen LogP contribution in [0.2, 0.25) is 0 Å². The summed E-state index contributed by atoms with van der Waals surface area (Å²) in [4.78, 5) is 14.5. The fraction of sp³-hybridized carbons (Fsp3) is 0.458. The number of carbonyl (C=O) groups excluding carboxylic acids is 1. The van der Waals surface area contributed by atoms with E-state index in [4.69, 9.17) is 0 Å². The summed E-state index contributed by atoms with van der Waals surface area (Å²) in [7, 11) is 3.84. The highest BCUT2D eigenvalue weighted by Crippen LogP contribution is 2.41. The molecule has 2 aliphatic rings. The molecule has 12 heteroatoms. The smallest absolute Gasteiger partial charge is 0.366 e. The van der Waals surface area contributed by atoms with E-state index in [9.17, 15) is 18.0 Å². The summed E-state index contributed by atoms with van der Waals surface area (Å²) >= 11 is -0.226. The number of piperidine rings is 1. The number of halogens is 3. The molecule has 2 N–H and O–H groups in total. The second-order valence-electron chi connectivity index (χ2n) is 9.11. The zero-order chi connectivity index (χ0) is 25.4. The number of amides is 1. The van der Waals surface area contributed by atoms with Gasteiger partial charge in [-0.15, -0.1) is 0 Å². The number of carbonyl (C=O) groups is 1. The molecule has 2 fully saturated rings. The van der Waals surface area contributed by atoms with Crippen LogP contribution in [0, 0.1) is 11.8 Å². The van der Waals surface area contributed by atoms with E-state index >= 15 is 0 Å². The first kappa shape index (κ1) is 24.5. The number of likely N-dealkylation sites (N-methyl/N-ethyl adjacent to an activating group) is 1. The topological polar surface area (TPSA) is 79.5 Å². The number of fused-ring (bicyclic) bond motifs is 3. The minimum absolute atomic E-state index is 0.0175. The number of aromatic nitrogens is 4. The van der Waals surface area contributed by atoms with Crippen LogP contribution in [0.4, 0.5) is 19.0 Å². The van der Waals surface area contributed by atoms with Gasteiger partial charge in [0.15, 0.2) is 0 Å². The van der Waals surface area contributed by atoms with E-state index < -0.39 is 5.51 Å². The molecule has 36 heavy (non-hydrogen) atoms. The van der Waals surface area contributed by atoms with Gasteiger partial charge >= 0.3 is 5.51 Å².